The van der Waals surface area contributed by atoms with Crippen LogP contribution in [0.3, 0.4) is 0 Å². The molecule has 0 unspecified atom stereocenters. The highest BCUT2D eigenvalue weighted by molar-refractivity contribution is 5.45. The third kappa shape index (κ3) is 2.30. The Balaban J connectivity index is 2.23. The van der Waals surface area contributed by atoms with E-state index in [4.69, 9.17) is 0 Å². The van der Waals surface area contributed by atoms with Gasteiger partial charge in [0.05, 0.1) is 23.6 Å². The number of hydrogen-bond acceptors (Lipinski definition) is 3. The second-order valence-electron chi connectivity index (χ2n) is 3.01. The molecule has 0 radical (unpaired) electrons. The summed E-state index contributed by atoms with van der Waals surface area (Å²) in [5, 5.41) is 7.43. The first-order valence-electron chi connectivity index (χ1n) is 4.36. The van der Waals surface area contributed by atoms with Gasteiger partial charge in [0.15, 0.2) is 0 Å². The van der Waals surface area contributed by atoms with Crippen molar-refractivity contribution >= 4 is 5.69 Å². The molecule has 0 bridgehead atoms. The minimum atomic E-state index is -4.35. The van der Waals surface area contributed by atoms with E-state index in [-0.39, 0.29) is 5.69 Å². The van der Waals surface area contributed by atoms with Gasteiger partial charge in [-0.1, -0.05) is 11.0 Å². The Kier molecular flexibility index (Phi) is 2.51. The average Bonchev–Trinajstić information content (AvgIpc) is 2.70. The lowest BCUT2D eigenvalue weighted by atomic mass is 10.2. The maximum absolute atomic E-state index is 12.4. The number of aromatic nitrogens is 3. The quantitative estimate of drug-likeness (QED) is 0.856. The molecule has 0 aliphatic heterocycles. The highest BCUT2D eigenvalue weighted by Gasteiger charge is 2.30. The highest BCUT2D eigenvalue weighted by atomic mass is 19.4. The zero-order valence-electron chi connectivity index (χ0n) is 7.94. The molecule has 0 spiro atoms. The minimum absolute atomic E-state index is 0.269. The Labute approximate surface area is 88.7 Å². The van der Waals surface area contributed by atoms with Crippen LogP contribution in [-0.2, 0) is 6.18 Å². The number of anilines is 1. The predicted octanol–water partition coefficient (Wildman–Crippen LogP) is 2.17. The summed E-state index contributed by atoms with van der Waals surface area (Å²) < 4.78 is 37.1. The number of nitrogens with zero attached hydrogens (tertiary/aromatic N) is 3. The van der Waals surface area contributed by atoms with Crippen LogP contribution in [0, 0.1) is 0 Å². The lowest BCUT2D eigenvalue weighted by Gasteiger charge is -2.09. The van der Waals surface area contributed by atoms with Gasteiger partial charge in [-0.25, -0.2) is 0 Å². The van der Waals surface area contributed by atoms with Crippen molar-refractivity contribution in [1.82, 2.24) is 15.1 Å². The third-order valence-electron chi connectivity index (χ3n) is 1.84. The van der Waals surface area contributed by atoms with Crippen molar-refractivity contribution in [3.63, 3.8) is 0 Å². The standard InChI is InChI=1S/C9H7F3N4/c10-9(11,12)7-2-1-3-8(6-7)15-16-13-4-5-14-16/h1-6,15H. The van der Waals surface area contributed by atoms with Crippen LogP contribution in [0.5, 0.6) is 0 Å². The SMILES string of the molecule is FC(F)(F)c1cccc(Nn2nccn2)c1. The van der Waals surface area contributed by atoms with E-state index in [1.54, 1.807) is 0 Å². The Morgan fingerprint density at radius 3 is 2.44 bits per heavy atom. The molecule has 2 rings (SSSR count). The van der Waals surface area contributed by atoms with Gasteiger partial charge in [-0.15, -0.1) is 10.2 Å². The van der Waals surface area contributed by atoms with E-state index in [0.29, 0.717) is 0 Å². The summed E-state index contributed by atoms with van der Waals surface area (Å²) in [6.45, 7) is 0. The number of hydrogen-bond donors (Lipinski definition) is 1. The molecular formula is C9H7F3N4. The molecule has 16 heavy (non-hydrogen) atoms. The van der Waals surface area contributed by atoms with Gasteiger partial charge in [0.2, 0.25) is 0 Å². The fraction of sp³-hybridized carbons (Fsp3) is 0.111. The summed E-state index contributed by atoms with van der Waals surface area (Å²) in [6.07, 6.45) is -1.52. The second-order valence-corrected chi connectivity index (χ2v) is 3.01. The van der Waals surface area contributed by atoms with Crippen LogP contribution in [-0.4, -0.2) is 15.1 Å². The molecule has 0 aliphatic carbocycles. The Morgan fingerprint density at radius 1 is 1.12 bits per heavy atom. The van der Waals surface area contributed by atoms with E-state index in [1.165, 1.54) is 24.5 Å². The van der Waals surface area contributed by atoms with E-state index in [0.717, 1.165) is 17.0 Å². The van der Waals surface area contributed by atoms with Crippen LogP contribution < -0.4 is 5.43 Å². The van der Waals surface area contributed by atoms with Crippen molar-refractivity contribution in [3.8, 4) is 0 Å². The average molecular weight is 228 g/mol. The van der Waals surface area contributed by atoms with Gasteiger partial charge in [-0.2, -0.15) is 13.2 Å². The summed E-state index contributed by atoms with van der Waals surface area (Å²) in [5.74, 6) is 0. The van der Waals surface area contributed by atoms with Gasteiger partial charge in [-0.3, -0.25) is 5.43 Å². The molecule has 84 valence electrons. The predicted molar refractivity (Wildman–Crippen MR) is 50.5 cm³/mol. The van der Waals surface area contributed by atoms with Crippen molar-refractivity contribution in [1.29, 1.82) is 0 Å². The molecule has 0 aliphatic rings. The summed E-state index contributed by atoms with van der Waals surface area (Å²) in [4.78, 5) is 1.08. The number of rotatable bonds is 2. The Morgan fingerprint density at radius 2 is 1.81 bits per heavy atom. The fourth-order valence-electron chi connectivity index (χ4n) is 1.15. The van der Waals surface area contributed by atoms with E-state index < -0.39 is 11.7 Å². The van der Waals surface area contributed by atoms with Crippen LogP contribution in [0.15, 0.2) is 36.7 Å². The summed E-state index contributed by atoms with van der Waals surface area (Å²) in [6, 6.07) is 4.80. The lowest BCUT2D eigenvalue weighted by molar-refractivity contribution is -0.137. The number of benzene rings is 1. The zero-order valence-corrected chi connectivity index (χ0v) is 7.94. The Bertz CT molecular complexity index is 464. The van der Waals surface area contributed by atoms with Crippen LogP contribution >= 0.6 is 0 Å². The van der Waals surface area contributed by atoms with Gasteiger partial charge in [0.1, 0.15) is 0 Å². The molecule has 0 atom stereocenters. The molecular weight excluding hydrogens is 221 g/mol. The normalized spacial score (nSPS) is 11.4. The first kappa shape index (κ1) is 10.5. The topological polar surface area (TPSA) is 42.7 Å². The molecule has 7 heteroatoms. The minimum Gasteiger partial charge on any atom is -0.261 e. The molecule has 2 aromatic rings. The van der Waals surface area contributed by atoms with Crippen molar-refractivity contribution in [2.45, 2.75) is 6.18 Å². The van der Waals surface area contributed by atoms with Crippen LogP contribution in [0.2, 0.25) is 0 Å². The van der Waals surface area contributed by atoms with E-state index >= 15 is 0 Å². The van der Waals surface area contributed by atoms with Crippen molar-refractivity contribution in [3.05, 3.63) is 42.2 Å². The molecule has 1 N–H and O–H groups in total. The first-order valence-corrected chi connectivity index (χ1v) is 4.36. The third-order valence-corrected chi connectivity index (χ3v) is 1.84. The van der Waals surface area contributed by atoms with E-state index in [2.05, 4.69) is 15.6 Å². The van der Waals surface area contributed by atoms with Gasteiger partial charge < -0.3 is 0 Å². The molecule has 0 saturated heterocycles. The van der Waals surface area contributed by atoms with E-state index in [1.807, 2.05) is 0 Å². The smallest absolute Gasteiger partial charge is 0.261 e. The number of halogens is 3. The monoisotopic (exact) mass is 228 g/mol. The number of alkyl halides is 3. The summed E-state index contributed by atoms with van der Waals surface area (Å²) in [7, 11) is 0. The number of nitrogens with one attached hydrogen (secondary N) is 1. The summed E-state index contributed by atoms with van der Waals surface area (Å²) in [5.41, 5.74) is 2.14. The maximum atomic E-state index is 12.4. The fourth-order valence-corrected chi connectivity index (χ4v) is 1.15. The Hall–Kier alpha value is -2.05. The molecule has 0 amide bonds. The van der Waals surface area contributed by atoms with Crippen LogP contribution in [0.4, 0.5) is 18.9 Å². The van der Waals surface area contributed by atoms with Crippen LogP contribution in [0.1, 0.15) is 5.56 Å². The molecule has 1 heterocycles. The van der Waals surface area contributed by atoms with Crippen LogP contribution in [0.25, 0.3) is 0 Å². The van der Waals surface area contributed by atoms with Gasteiger partial charge >= 0.3 is 6.18 Å². The molecule has 0 saturated carbocycles. The first-order chi connectivity index (χ1) is 7.55. The van der Waals surface area contributed by atoms with Crippen molar-refractivity contribution < 1.29 is 13.2 Å². The van der Waals surface area contributed by atoms with Gasteiger partial charge in [0, 0.05) is 0 Å². The second kappa shape index (κ2) is 3.84. The van der Waals surface area contributed by atoms with Gasteiger partial charge in [0.25, 0.3) is 0 Å². The molecule has 0 fully saturated rings. The van der Waals surface area contributed by atoms with Crippen molar-refractivity contribution in [2.75, 3.05) is 5.43 Å². The summed E-state index contributed by atoms with van der Waals surface area (Å²) >= 11 is 0. The lowest BCUT2D eigenvalue weighted by Crippen LogP contribution is -2.13. The molecule has 1 aromatic carbocycles. The van der Waals surface area contributed by atoms with E-state index in [9.17, 15) is 13.2 Å². The molecule has 4 nitrogen and oxygen atoms in total. The molecule has 1 aromatic heterocycles. The van der Waals surface area contributed by atoms with Crippen molar-refractivity contribution in [2.24, 2.45) is 0 Å². The van der Waals surface area contributed by atoms with Gasteiger partial charge in [-0.05, 0) is 18.2 Å². The largest absolute Gasteiger partial charge is 0.416 e. The maximum Gasteiger partial charge on any atom is 0.416 e. The highest BCUT2D eigenvalue weighted by Crippen LogP contribution is 2.30. The zero-order chi connectivity index (χ0) is 11.6.